The van der Waals surface area contributed by atoms with E-state index >= 15 is 0 Å². The number of rotatable bonds is 7. The van der Waals surface area contributed by atoms with Crippen molar-refractivity contribution in [3.05, 3.63) is 54.6 Å². The number of nitrogens with one attached hydrogen (secondary N) is 1. The lowest BCUT2D eigenvalue weighted by Gasteiger charge is -2.26. The van der Waals surface area contributed by atoms with Gasteiger partial charge in [-0.15, -0.1) is 0 Å². The lowest BCUT2D eigenvalue weighted by atomic mass is 10.1. The molecule has 0 aliphatic carbocycles. The number of carbonyl (C=O) groups is 1. The Kier molecular flexibility index (Phi) is 6.42. The Morgan fingerprint density at radius 1 is 1.00 bits per heavy atom. The standard InChI is InChI=1S/C20H24N2O3/c23-20(21-10-11-22-12-14-24-15-13-22)16-25-19-8-6-18(7-9-19)17-4-2-1-3-5-17/h1-9H,10-16H2,(H,21,23). The summed E-state index contributed by atoms with van der Waals surface area (Å²) in [6.45, 7) is 4.93. The predicted molar refractivity (Wildman–Crippen MR) is 97.6 cm³/mol. The van der Waals surface area contributed by atoms with Crippen molar-refractivity contribution in [2.45, 2.75) is 0 Å². The average Bonchev–Trinajstić information content (AvgIpc) is 2.68. The highest BCUT2D eigenvalue weighted by Gasteiger charge is 2.10. The smallest absolute Gasteiger partial charge is 0.257 e. The normalized spacial score (nSPS) is 14.9. The van der Waals surface area contributed by atoms with E-state index in [9.17, 15) is 4.79 Å². The highest BCUT2D eigenvalue weighted by atomic mass is 16.5. The Morgan fingerprint density at radius 3 is 2.40 bits per heavy atom. The lowest BCUT2D eigenvalue weighted by molar-refractivity contribution is -0.123. The minimum Gasteiger partial charge on any atom is -0.484 e. The molecule has 5 heteroatoms. The topological polar surface area (TPSA) is 50.8 Å². The molecule has 132 valence electrons. The van der Waals surface area contributed by atoms with Crippen molar-refractivity contribution < 1.29 is 14.3 Å². The fourth-order valence-corrected chi connectivity index (χ4v) is 2.75. The molecule has 1 heterocycles. The molecule has 0 atom stereocenters. The number of hydrogen-bond donors (Lipinski definition) is 1. The van der Waals surface area contributed by atoms with Gasteiger partial charge in [-0.1, -0.05) is 42.5 Å². The summed E-state index contributed by atoms with van der Waals surface area (Å²) < 4.78 is 10.9. The molecule has 0 spiro atoms. The predicted octanol–water partition coefficient (Wildman–Crippen LogP) is 2.18. The summed E-state index contributed by atoms with van der Waals surface area (Å²) in [5.41, 5.74) is 2.29. The van der Waals surface area contributed by atoms with E-state index in [1.165, 1.54) is 0 Å². The highest BCUT2D eigenvalue weighted by molar-refractivity contribution is 5.77. The Labute approximate surface area is 148 Å². The molecule has 0 bridgehead atoms. The molecule has 0 saturated carbocycles. The first-order valence-electron chi connectivity index (χ1n) is 8.66. The van der Waals surface area contributed by atoms with Crippen molar-refractivity contribution in [1.82, 2.24) is 10.2 Å². The molecular formula is C20H24N2O3. The van der Waals surface area contributed by atoms with Gasteiger partial charge >= 0.3 is 0 Å². The maximum atomic E-state index is 11.9. The number of amides is 1. The van der Waals surface area contributed by atoms with Crippen LogP contribution >= 0.6 is 0 Å². The molecule has 0 aromatic heterocycles. The SMILES string of the molecule is O=C(COc1ccc(-c2ccccc2)cc1)NCCN1CCOCC1. The van der Waals surface area contributed by atoms with Gasteiger partial charge in [0.05, 0.1) is 13.2 Å². The minimum atomic E-state index is -0.0969. The summed E-state index contributed by atoms with van der Waals surface area (Å²) in [5.74, 6) is 0.600. The molecule has 25 heavy (non-hydrogen) atoms. The van der Waals surface area contributed by atoms with Crippen LogP contribution in [0.3, 0.4) is 0 Å². The van der Waals surface area contributed by atoms with Crippen LogP contribution in [-0.4, -0.2) is 56.8 Å². The van der Waals surface area contributed by atoms with Crippen LogP contribution in [0, 0.1) is 0 Å². The first-order valence-corrected chi connectivity index (χ1v) is 8.66. The molecule has 1 amide bonds. The third kappa shape index (κ3) is 5.59. The maximum absolute atomic E-state index is 11.9. The van der Waals surface area contributed by atoms with Gasteiger partial charge in [0.15, 0.2) is 6.61 Å². The zero-order valence-electron chi connectivity index (χ0n) is 14.3. The zero-order chi connectivity index (χ0) is 17.3. The van der Waals surface area contributed by atoms with Crippen LogP contribution in [0.25, 0.3) is 11.1 Å². The zero-order valence-corrected chi connectivity index (χ0v) is 14.3. The van der Waals surface area contributed by atoms with E-state index in [4.69, 9.17) is 9.47 Å². The quantitative estimate of drug-likeness (QED) is 0.839. The number of morpholine rings is 1. The van der Waals surface area contributed by atoms with E-state index in [2.05, 4.69) is 22.3 Å². The summed E-state index contributed by atoms with van der Waals surface area (Å²) in [6, 6.07) is 17.9. The Morgan fingerprint density at radius 2 is 1.68 bits per heavy atom. The molecule has 3 rings (SSSR count). The maximum Gasteiger partial charge on any atom is 0.257 e. The second-order valence-electron chi connectivity index (χ2n) is 5.98. The molecule has 0 unspecified atom stereocenters. The fraction of sp³-hybridized carbons (Fsp3) is 0.350. The van der Waals surface area contributed by atoms with Gasteiger partial charge in [-0.2, -0.15) is 0 Å². The van der Waals surface area contributed by atoms with Gasteiger partial charge in [0.1, 0.15) is 5.75 Å². The molecule has 2 aromatic carbocycles. The van der Waals surface area contributed by atoms with Gasteiger partial charge in [-0.25, -0.2) is 0 Å². The number of ether oxygens (including phenoxy) is 2. The fourth-order valence-electron chi connectivity index (χ4n) is 2.75. The molecule has 1 aliphatic rings. The summed E-state index contributed by atoms with van der Waals surface area (Å²) in [4.78, 5) is 14.2. The van der Waals surface area contributed by atoms with Crippen LogP contribution in [-0.2, 0) is 9.53 Å². The summed E-state index contributed by atoms with van der Waals surface area (Å²) in [7, 11) is 0. The van der Waals surface area contributed by atoms with Gasteiger partial charge in [-0.3, -0.25) is 9.69 Å². The Hall–Kier alpha value is -2.37. The van der Waals surface area contributed by atoms with Gasteiger partial charge < -0.3 is 14.8 Å². The summed E-state index contributed by atoms with van der Waals surface area (Å²) >= 11 is 0. The summed E-state index contributed by atoms with van der Waals surface area (Å²) in [5, 5.41) is 2.89. The summed E-state index contributed by atoms with van der Waals surface area (Å²) in [6.07, 6.45) is 0. The number of benzene rings is 2. The van der Waals surface area contributed by atoms with Crippen molar-refractivity contribution >= 4 is 5.91 Å². The van der Waals surface area contributed by atoms with Crippen molar-refractivity contribution in [3.8, 4) is 16.9 Å². The van der Waals surface area contributed by atoms with E-state index in [-0.39, 0.29) is 12.5 Å². The van der Waals surface area contributed by atoms with Crippen LogP contribution in [0.2, 0.25) is 0 Å². The van der Waals surface area contributed by atoms with Gasteiger partial charge in [-0.05, 0) is 23.3 Å². The Balaban J connectivity index is 1.38. The first kappa shape index (κ1) is 17.5. The molecule has 1 saturated heterocycles. The van der Waals surface area contributed by atoms with E-state index in [0.717, 1.165) is 44.0 Å². The third-order valence-corrected chi connectivity index (χ3v) is 4.19. The first-order chi connectivity index (χ1) is 12.3. The van der Waals surface area contributed by atoms with Crippen molar-refractivity contribution in [2.75, 3.05) is 46.0 Å². The monoisotopic (exact) mass is 340 g/mol. The second kappa shape index (κ2) is 9.20. The molecule has 2 aromatic rings. The molecule has 1 aliphatic heterocycles. The molecule has 1 N–H and O–H groups in total. The molecule has 0 radical (unpaired) electrons. The van der Waals surface area contributed by atoms with Gasteiger partial charge in [0, 0.05) is 26.2 Å². The van der Waals surface area contributed by atoms with Crippen LogP contribution in [0.5, 0.6) is 5.75 Å². The number of hydrogen-bond acceptors (Lipinski definition) is 4. The van der Waals surface area contributed by atoms with E-state index < -0.39 is 0 Å². The van der Waals surface area contributed by atoms with Crippen molar-refractivity contribution in [2.24, 2.45) is 0 Å². The minimum absolute atomic E-state index is 0.0355. The lowest BCUT2D eigenvalue weighted by Crippen LogP contribution is -2.42. The van der Waals surface area contributed by atoms with Crippen LogP contribution < -0.4 is 10.1 Å². The Bertz CT molecular complexity index is 652. The van der Waals surface area contributed by atoms with Crippen molar-refractivity contribution in [1.29, 1.82) is 0 Å². The third-order valence-electron chi connectivity index (χ3n) is 4.19. The highest BCUT2D eigenvalue weighted by Crippen LogP contribution is 2.21. The average molecular weight is 340 g/mol. The van der Waals surface area contributed by atoms with Gasteiger partial charge in [0.25, 0.3) is 5.91 Å². The largest absolute Gasteiger partial charge is 0.484 e. The molecular weight excluding hydrogens is 316 g/mol. The van der Waals surface area contributed by atoms with Crippen LogP contribution in [0.15, 0.2) is 54.6 Å². The molecule has 1 fully saturated rings. The number of carbonyl (C=O) groups excluding carboxylic acids is 1. The van der Waals surface area contributed by atoms with E-state index in [1.54, 1.807) is 0 Å². The van der Waals surface area contributed by atoms with Gasteiger partial charge in [0.2, 0.25) is 0 Å². The number of nitrogens with zero attached hydrogens (tertiary/aromatic N) is 1. The molecule has 5 nitrogen and oxygen atoms in total. The van der Waals surface area contributed by atoms with E-state index in [1.807, 2.05) is 42.5 Å². The van der Waals surface area contributed by atoms with Crippen LogP contribution in [0.1, 0.15) is 0 Å². The van der Waals surface area contributed by atoms with E-state index in [0.29, 0.717) is 12.3 Å². The second-order valence-corrected chi connectivity index (χ2v) is 5.98. The van der Waals surface area contributed by atoms with Crippen LogP contribution in [0.4, 0.5) is 0 Å². The van der Waals surface area contributed by atoms with Crippen molar-refractivity contribution in [3.63, 3.8) is 0 Å².